The van der Waals surface area contributed by atoms with Crippen LogP contribution in [0.3, 0.4) is 0 Å². The molecule has 3 nitrogen and oxygen atoms in total. The fourth-order valence-electron chi connectivity index (χ4n) is 2.44. The van der Waals surface area contributed by atoms with Crippen molar-refractivity contribution in [1.29, 1.82) is 0 Å². The van der Waals surface area contributed by atoms with E-state index < -0.39 is 11.6 Å². The summed E-state index contributed by atoms with van der Waals surface area (Å²) in [4.78, 5) is 11.6. The maximum atomic E-state index is 11.6. The van der Waals surface area contributed by atoms with Crippen molar-refractivity contribution in [2.24, 2.45) is 0 Å². The molecule has 0 heterocycles. The van der Waals surface area contributed by atoms with Crippen LogP contribution < -0.4 is 0 Å². The zero-order valence-corrected chi connectivity index (χ0v) is 11.4. The van der Waals surface area contributed by atoms with Gasteiger partial charge in [-0.2, -0.15) is 0 Å². The van der Waals surface area contributed by atoms with Crippen LogP contribution >= 0.6 is 0 Å². The summed E-state index contributed by atoms with van der Waals surface area (Å²) >= 11 is 0. The van der Waals surface area contributed by atoms with Gasteiger partial charge in [0.1, 0.15) is 0 Å². The number of aliphatic carboxylic acids is 1. The van der Waals surface area contributed by atoms with Crippen LogP contribution in [0.2, 0.25) is 0 Å². The highest BCUT2D eigenvalue weighted by Crippen LogP contribution is 2.34. The first-order chi connectivity index (χ1) is 7.92. The summed E-state index contributed by atoms with van der Waals surface area (Å²) in [5.74, 6) is -0.777. The summed E-state index contributed by atoms with van der Waals surface area (Å²) in [5.41, 5.74) is -1.29. The van der Waals surface area contributed by atoms with Crippen molar-refractivity contribution in [2.75, 3.05) is 0 Å². The molecule has 0 saturated heterocycles. The molecule has 1 fully saturated rings. The number of carbonyl (C=O) groups is 1. The fourth-order valence-corrected chi connectivity index (χ4v) is 2.44. The summed E-state index contributed by atoms with van der Waals surface area (Å²) in [6, 6.07) is 0. The lowest BCUT2D eigenvalue weighted by Crippen LogP contribution is -2.48. The Labute approximate surface area is 105 Å². The van der Waals surface area contributed by atoms with E-state index in [4.69, 9.17) is 4.74 Å². The van der Waals surface area contributed by atoms with E-state index in [1.54, 1.807) is 0 Å². The van der Waals surface area contributed by atoms with Crippen LogP contribution in [0.15, 0.2) is 0 Å². The van der Waals surface area contributed by atoms with E-state index in [0.717, 1.165) is 32.1 Å². The van der Waals surface area contributed by atoms with E-state index in [-0.39, 0.29) is 5.60 Å². The van der Waals surface area contributed by atoms with E-state index >= 15 is 0 Å². The molecule has 0 bridgehead atoms. The summed E-state index contributed by atoms with van der Waals surface area (Å²) in [7, 11) is 0. The van der Waals surface area contributed by atoms with Gasteiger partial charge >= 0.3 is 5.97 Å². The van der Waals surface area contributed by atoms with Gasteiger partial charge in [0.2, 0.25) is 0 Å². The Kier molecular flexibility index (Phi) is 4.99. The molecule has 0 aromatic rings. The molecule has 0 aromatic heterocycles. The van der Waals surface area contributed by atoms with E-state index in [9.17, 15) is 9.90 Å². The molecule has 0 unspecified atom stereocenters. The highest BCUT2D eigenvalue weighted by atomic mass is 16.5. The highest BCUT2D eigenvalue weighted by molar-refractivity contribution is 5.77. The monoisotopic (exact) mass is 242 g/mol. The lowest BCUT2D eigenvalue weighted by Gasteiger charge is -2.38. The predicted octanol–water partition coefficient (Wildman–Crippen LogP) is 3.76. The Morgan fingerprint density at radius 1 is 1.18 bits per heavy atom. The Balaban J connectivity index is 2.82. The minimum atomic E-state index is -0.945. The second-order valence-electron chi connectivity index (χ2n) is 5.78. The SMILES string of the molecule is CCC(C)(C)OC1(C(=O)O)CCCCCCC1. The van der Waals surface area contributed by atoms with Crippen molar-refractivity contribution < 1.29 is 14.6 Å². The molecule has 0 spiro atoms. The van der Waals surface area contributed by atoms with Crippen LogP contribution in [0, 0.1) is 0 Å². The van der Waals surface area contributed by atoms with Gasteiger partial charge < -0.3 is 9.84 Å². The second kappa shape index (κ2) is 5.85. The van der Waals surface area contributed by atoms with Crippen molar-refractivity contribution in [3.05, 3.63) is 0 Å². The van der Waals surface area contributed by atoms with E-state index in [1.165, 1.54) is 6.42 Å². The average molecular weight is 242 g/mol. The van der Waals surface area contributed by atoms with Gasteiger partial charge in [-0.25, -0.2) is 4.79 Å². The number of rotatable bonds is 4. The molecule has 1 aliphatic carbocycles. The van der Waals surface area contributed by atoms with Gasteiger partial charge in [-0.3, -0.25) is 0 Å². The van der Waals surface area contributed by atoms with Crippen LogP contribution in [0.5, 0.6) is 0 Å². The smallest absolute Gasteiger partial charge is 0.335 e. The summed E-state index contributed by atoms with van der Waals surface area (Å²) in [6.07, 6.45) is 7.57. The Hall–Kier alpha value is -0.570. The molecule has 1 saturated carbocycles. The quantitative estimate of drug-likeness (QED) is 0.816. The van der Waals surface area contributed by atoms with Crippen LogP contribution in [-0.4, -0.2) is 22.3 Å². The van der Waals surface area contributed by atoms with Gasteiger partial charge in [-0.05, 0) is 46.0 Å². The fraction of sp³-hybridized carbons (Fsp3) is 0.929. The summed E-state index contributed by atoms with van der Waals surface area (Å²) in [6.45, 7) is 6.01. The van der Waals surface area contributed by atoms with E-state index in [2.05, 4.69) is 0 Å². The van der Waals surface area contributed by atoms with Crippen molar-refractivity contribution in [2.45, 2.75) is 83.3 Å². The number of carboxylic acid groups (broad SMARTS) is 1. The lowest BCUT2D eigenvalue weighted by molar-refractivity contribution is -0.192. The molecule has 0 atom stereocenters. The molecule has 0 amide bonds. The standard InChI is InChI=1S/C14H26O3/c1-4-13(2,3)17-14(12(15)16)10-8-6-5-7-9-11-14/h4-11H2,1-3H3,(H,15,16). The lowest BCUT2D eigenvalue weighted by atomic mass is 9.86. The minimum absolute atomic E-state index is 0.350. The molecular formula is C14H26O3. The first kappa shape index (κ1) is 14.5. The largest absolute Gasteiger partial charge is 0.479 e. The van der Waals surface area contributed by atoms with Gasteiger partial charge in [0, 0.05) is 0 Å². The zero-order valence-electron chi connectivity index (χ0n) is 11.4. The first-order valence-electron chi connectivity index (χ1n) is 6.85. The minimum Gasteiger partial charge on any atom is -0.479 e. The molecule has 17 heavy (non-hydrogen) atoms. The van der Waals surface area contributed by atoms with E-state index in [0.29, 0.717) is 12.8 Å². The van der Waals surface area contributed by atoms with Gasteiger partial charge in [-0.15, -0.1) is 0 Å². The van der Waals surface area contributed by atoms with Crippen molar-refractivity contribution in [3.63, 3.8) is 0 Å². The first-order valence-corrected chi connectivity index (χ1v) is 6.85. The highest BCUT2D eigenvalue weighted by Gasteiger charge is 2.43. The van der Waals surface area contributed by atoms with Crippen molar-refractivity contribution in [1.82, 2.24) is 0 Å². The Morgan fingerprint density at radius 2 is 1.65 bits per heavy atom. The number of hydrogen-bond donors (Lipinski definition) is 1. The maximum absolute atomic E-state index is 11.6. The Bertz CT molecular complexity index is 250. The molecule has 0 aromatic carbocycles. The molecule has 1 rings (SSSR count). The van der Waals surface area contributed by atoms with Crippen molar-refractivity contribution in [3.8, 4) is 0 Å². The number of carboxylic acids is 1. The molecular weight excluding hydrogens is 216 g/mol. The van der Waals surface area contributed by atoms with Crippen LogP contribution in [0.25, 0.3) is 0 Å². The van der Waals surface area contributed by atoms with Crippen LogP contribution in [0.1, 0.15) is 72.1 Å². The predicted molar refractivity (Wildman–Crippen MR) is 68.1 cm³/mol. The zero-order chi connectivity index (χ0) is 12.9. The topological polar surface area (TPSA) is 46.5 Å². The third-order valence-corrected chi connectivity index (χ3v) is 3.87. The Morgan fingerprint density at radius 3 is 2.06 bits per heavy atom. The normalized spacial score (nSPS) is 21.6. The molecule has 100 valence electrons. The molecule has 0 radical (unpaired) electrons. The summed E-state index contributed by atoms with van der Waals surface area (Å²) < 4.78 is 6.01. The maximum Gasteiger partial charge on any atom is 0.335 e. The molecule has 1 N–H and O–H groups in total. The molecule has 0 aliphatic heterocycles. The van der Waals surface area contributed by atoms with Crippen molar-refractivity contribution >= 4 is 5.97 Å². The number of hydrogen-bond acceptors (Lipinski definition) is 2. The summed E-state index contributed by atoms with van der Waals surface area (Å²) in [5, 5.41) is 9.54. The van der Waals surface area contributed by atoms with Gasteiger partial charge in [0.25, 0.3) is 0 Å². The average Bonchev–Trinajstić information content (AvgIpc) is 2.22. The van der Waals surface area contributed by atoms with Gasteiger partial charge in [0.15, 0.2) is 5.60 Å². The third kappa shape index (κ3) is 3.98. The van der Waals surface area contributed by atoms with Crippen LogP contribution in [-0.2, 0) is 9.53 Å². The van der Waals surface area contributed by atoms with Gasteiger partial charge in [0.05, 0.1) is 5.60 Å². The van der Waals surface area contributed by atoms with Crippen LogP contribution in [0.4, 0.5) is 0 Å². The molecule has 3 heteroatoms. The molecule has 1 aliphatic rings. The number of ether oxygens (including phenoxy) is 1. The van der Waals surface area contributed by atoms with E-state index in [1.807, 2.05) is 20.8 Å². The van der Waals surface area contributed by atoms with Gasteiger partial charge in [-0.1, -0.05) is 26.2 Å². The second-order valence-corrected chi connectivity index (χ2v) is 5.78. The third-order valence-electron chi connectivity index (χ3n) is 3.87.